The Morgan fingerprint density at radius 2 is 1.67 bits per heavy atom. The topological polar surface area (TPSA) is 60.8 Å². The molecule has 0 aromatic heterocycles. The molecule has 0 spiro atoms. The van der Waals surface area contributed by atoms with Gasteiger partial charge in [-0.15, -0.1) is 0 Å². The molecular formula is C28H39N2O3+. The van der Waals surface area contributed by atoms with Crippen LogP contribution in [0.25, 0.3) is 0 Å². The summed E-state index contributed by atoms with van der Waals surface area (Å²) in [5.74, 6) is 0.210. The molecule has 2 fully saturated rings. The Balaban J connectivity index is 1.41. The fourth-order valence-corrected chi connectivity index (χ4v) is 5.89. The van der Waals surface area contributed by atoms with Crippen molar-refractivity contribution >= 4 is 5.91 Å². The Bertz CT molecular complexity index is 931. The summed E-state index contributed by atoms with van der Waals surface area (Å²) < 4.78 is 0.892. The lowest BCUT2D eigenvalue weighted by Gasteiger charge is -2.45. The Hall–Kier alpha value is -2.37. The average molecular weight is 452 g/mol. The van der Waals surface area contributed by atoms with Crippen LogP contribution in [0.15, 0.2) is 54.6 Å². The summed E-state index contributed by atoms with van der Waals surface area (Å²) in [6.45, 7) is 2.37. The maximum absolute atomic E-state index is 13.8. The number of nitrogens with zero attached hydrogens (tertiary/aromatic N) is 2. The van der Waals surface area contributed by atoms with E-state index in [0.29, 0.717) is 24.9 Å². The van der Waals surface area contributed by atoms with E-state index in [-0.39, 0.29) is 11.8 Å². The monoisotopic (exact) mass is 451 g/mol. The molecular weight excluding hydrogens is 412 g/mol. The van der Waals surface area contributed by atoms with Gasteiger partial charge in [0.1, 0.15) is 5.75 Å². The van der Waals surface area contributed by atoms with Gasteiger partial charge in [0.2, 0.25) is 0 Å². The molecule has 2 aromatic carbocycles. The predicted molar refractivity (Wildman–Crippen MR) is 131 cm³/mol. The largest absolute Gasteiger partial charge is 0.508 e. The number of likely N-dealkylation sites (tertiary alicyclic amines) is 1. The summed E-state index contributed by atoms with van der Waals surface area (Å²) in [7, 11) is 4.54. The Kier molecular flexibility index (Phi) is 7.10. The van der Waals surface area contributed by atoms with Crippen molar-refractivity contribution in [3.63, 3.8) is 0 Å². The highest BCUT2D eigenvalue weighted by atomic mass is 16.3. The second kappa shape index (κ2) is 9.86. The van der Waals surface area contributed by atoms with Crippen LogP contribution in [0.2, 0.25) is 0 Å². The van der Waals surface area contributed by atoms with Crippen LogP contribution in [-0.4, -0.2) is 65.3 Å². The summed E-state index contributed by atoms with van der Waals surface area (Å²) in [6, 6.07) is 17.6. The maximum atomic E-state index is 13.8. The molecule has 1 aliphatic heterocycles. The van der Waals surface area contributed by atoms with E-state index in [9.17, 15) is 15.0 Å². The van der Waals surface area contributed by atoms with Gasteiger partial charge >= 0.3 is 0 Å². The number of hydrogen-bond donors (Lipinski definition) is 2. The molecule has 4 rings (SSSR count). The molecule has 1 saturated heterocycles. The van der Waals surface area contributed by atoms with Crippen molar-refractivity contribution in [2.24, 2.45) is 5.92 Å². The Morgan fingerprint density at radius 3 is 2.30 bits per heavy atom. The molecule has 33 heavy (non-hydrogen) atoms. The molecule has 2 N–H and O–H groups in total. The van der Waals surface area contributed by atoms with E-state index < -0.39 is 5.60 Å². The first-order chi connectivity index (χ1) is 15.8. The third-order valence-corrected chi connectivity index (χ3v) is 8.11. The predicted octanol–water partition coefficient (Wildman–Crippen LogP) is 4.08. The number of phenolic OH excluding ortho intramolecular Hbond substituents is 1. The lowest BCUT2D eigenvalue weighted by molar-refractivity contribution is -0.916. The molecule has 1 aliphatic carbocycles. The number of aliphatic hydroxyl groups is 1. The van der Waals surface area contributed by atoms with Crippen LogP contribution in [0.3, 0.4) is 0 Å². The first-order valence-corrected chi connectivity index (χ1v) is 12.5. The summed E-state index contributed by atoms with van der Waals surface area (Å²) >= 11 is 0. The highest BCUT2D eigenvalue weighted by molar-refractivity contribution is 5.87. The number of hydrogen-bond acceptors (Lipinski definition) is 3. The summed E-state index contributed by atoms with van der Waals surface area (Å²) in [5.41, 5.74) is 0.481. The number of amides is 1. The number of carbonyl (C=O) groups excluding carboxylic acids is 1. The van der Waals surface area contributed by atoms with Crippen molar-refractivity contribution in [2.45, 2.75) is 56.6 Å². The first-order valence-electron chi connectivity index (χ1n) is 12.5. The fraction of sp³-hybridized carbons (Fsp3) is 0.536. The van der Waals surface area contributed by atoms with Crippen LogP contribution in [-0.2, 0) is 16.8 Å². The number of likely N-dealkylation sites (N-methyl/N-ethyl adjacent to an activating group) is 1. The van der Waals surface area contributed by atoms with Crippen molar-refractivity contribution in [3.05, 3.63) is 65.7 Å². The Morgan fingerprint density at radius 1 is 1.00 bits per heavy atom. The smallest absolute Gasteiger partial charge is 0.259 e. The van der Waals surface area contributed by atoms with Gasteiger partial charge in [0.05, 0.1) is 26.7 Å². The van der Waals surface area contributed by atoms with Crippen molar-refractivity contribution < 1.29 is 19.5 Å². The highest BCUT2D eigenvalue weighted by Gasteiger charge is 2.49. The maximum Gasteiger partial charge on any atom is 0.259 e. The minimum Gasteiger partial charge on any atom is -0.508 e. The molecule has 2 aromatic rings. The average Bonchev–Trinajstić information content (AvgIpc) is 3.38. The lowest BCUT2D eigenvalue weighted by Crippen LogP contribution is -2.58. The summed E-state index contributed by atoms with van der Waals surface area (Å²) in [6.07, 6.45) is 6.78. The minimum atomic E-state index is -1.41. The third-order valence-electron chi connectivity index (χ3n) is 8.11. The van der Waals surface area contributed by atoms with Crippen LogP contribution in [0.4, 0.5) is 0 Å². The van der Waals surface area contributed by atoms with Gasteiger partial charge in [0.15, 0.2) is 5.60 Å². The number of carbonyl (C=O) groups is 1. The SMILES string of the molecule is C[N+](C)(CCc1cccc(O)c1)C1CCN(C(=O)C(O)(c2ccccc2)C2CCCC2)CC1. The minimum absolute atomic E-state index is 0.000339. The van der Waals surface area contributed by atoms with Gasteiger partial charge in [0.25, 0.3) is 5.91 Å². The van der Waals surface area contributed by atoms with E-state index >= 15 is 0 Å². The van der Waals surface area contributed by atoms with Gasteiger partial charge in [-0.3, -0.25) is 4.79 Å². The zero-order chi connectivity index (χ0) is 23.5. The van der Waals surface area contributed by atoms with E-state index in [0.717, 1.165) is 67.1 Å². The van der Waals surface area contributed by atoms with E-state index in [1.165, 1.54) is 0 Å². The van der Waals surface area contributed by atoms with Gasteiger partial charge in [0, 0.05) is 38.3 Å². The highest BCUT2D eigenvalue weighted by Crippen LogP contribution is 2.42. The normalized spacial score (nSPS) is 20.0. The van der Waals surface area contributed by atoms with Crippen molar-refractivity contribution in [1.29, 1.82) is 0 Å². The molecule has 1 unspecified atom stereocenters. The molecule has 2 aliphatic rings. The molecule has 0 bridgehead atoms. The van der Waals surface area contributed by atoms with Gasteiger partial charge in [-0.25, -0.2) is 0 Å². The van der Waals surface area contributed by atoms with Crippen LogP contribution < -0.4 is 0 Å². The molecule has 5 heteroatoms. The van der Waals surface area contributed by atoms with Crippen LogP contribution in [0.5, 0.6) is 5.75 Å². The van der Waals surface area contributed by atoms with E-state index in [1.54, 1.807) is 6.07 Å². The fourth-order valence-electron chi connectivity index (χ4n) is 5.89. The van der Waals surface area contributed by atoms with Gasteiger partial charge in [-0.2, -0.15) is 0 Å². The Labute approximate surface area is 198 Å². The molecule has 178 valence electrons. The van der Waals surface area contributed by atoms with Gasteiger partial charge < -0.3 is 19.6 Å². The number of rotatable bonds is 7. The van der Waals surface area contributed by atoms with Gasteiger partial charge in [-0.05, 0) is 36.1 Å². The molecule has 5 nitrogen and oxygen atoms in total. The zero-order valence-electron chi connectivity index (χ0n) is 20.1. The van der Waals surface area contributed by atoms with E-state index in [1.807, 2.05) is 47.4 Å². The standard InChI is InChI=1S/C28H38N2O3/c1-30(2,20-17-22-9-8-14-26(31)21-22)25-15-18-29(19-16-25)27(32)28(33,24-12-6-7-13-24)23-10-4-3-5-11-23/h3-5,8-11,14,21,24-25,33H,6-7,12-13,15-20H2,1-2H3/p+1. The quantitative estimate of drug-likeness (QED) is 0.624. The van der Waals surface area contributed by atoms with Crippen molar-refractivity contribution in [1.82, 2.24) is 4.90 Å². The second-order valence-corrected chi connectivity index (χ2v) is 10.6. The number of piperidine rings is 1. The molecule has 0 radical (unpaired) electrons. The number of quaternary nitrogens is 1. The molecule has 1 atom stereocenters. The van der Waals surface area contributed by atoms with Crippen LogP contribution >= 0.6 is 0 Å². The summed E-state index contributed by atoms with van der Waals surface area (Å²) in [5, 5.41) is 21.6. The number of benzene rings is 2. The molecule has 1 saturated carbocycles. The van der Waals surface area contributed by atoms with Gasteiger partial charge in [-0.1, -0.05) is 55.3 Å². The summed E-state index contributed by atoms with van der Waals surface area (Å²) in [4.78, 5) is 15.7. The van der Waals surface area contributed by atoms with Crippen LogP contribution in [0, 0.1) is 5.92 Å². The van der Waals surface area contributed by atoms with Crippen molar-refractivity contribution in [3.8, 4) is 5.75 Å². The third kappa shape index (κ3) is 5.10. The second-order valence-electron chi connectivity index (χ2n) is 10.6. The van der Waals surface area contributed by atoms with Crippen molar-refractivity contribution in [2.75, 3.05) is 33.7 Å². The van der Waals surface area contributed by atoms with E-state index in [2.05, 4.69) is 20.2 Å². The number of phenols is 1. The first kappa shape index (κ1) is 23.8. The zero-order valence-corrected chi connectivity index (χ0v) is 20.1. The van der Waals surface area contributed by atoms with Crippen LogP contribution in [0.1, 0.15) is 49.7 Å². The lowest BCUT2D eigenvalue weighted by atomic mass is 9.78. The molecule has 1 amide bonds. The number of aromatic hydroxyl groups is 1. The molecule has 1 heterocycles. The van der Waals surface area contributed by atoms with E-state index in [4.69, 9.17) is 0 Å².